The van der Waals surface area contributed by atoms with Gasteiger partial charge >= 0.3 is 5.97 Å². The Hall–Kier alpha value is -4.26. The summed E-state index contributed by atoms with van der Waals surface area (Å²) >= 11 is 0. The fourth-order valence-corrected chi connectivity index (χ4v) is 4.96. The van der Waals surface area contributed by atoms with Crippen molar-refractivity contribution in [2.24, 2.45) is 5.16 Å². The highest BCUT2D eigenvalue weighted by Crippen LogP contribution is 2.32. The van der Waals surface area contributed by atoms with Gasteiger partial charge < -0.3 is 14.1 Å². The summed E-state index contributed by atoms with van der Waals surface area (Å²) in [6, 6.07) is 18.5. The molecule has 0 fully saturated rings. The minimum Gasteiger partial charge on any atom is -0.494 e. The maximum Gasteiger partial charge on any atom is 0.331 e. The summed E-state index contributed by atoms with van der Waals surface area (Å²) in [5.41, 5.74) is 3.80. The van der Waals surface area contributed by atoms with Crippen LogP contribution in [-0.2, 0) is 16.2 Å². The molecule has 0 spiro atoms. The van der Waals surface area contributed by atoms with Crippen molar-refractivity contribution in [3.8, 4) is 5.75 Å². The summed E-state index contributed by atoms with van der Waals surface area (Å²) in [6.45, 7) is 8.92. The first kappa shape index (κ1) is 29.7. The molecule has 0 unspecified atom stereocenters. The van der Waals surface area contributed by atoms with Crippen molar-refractivity contribution >= 4 is 45.1 Å². The Balaban J connectivity index is 1.70. The molecule has 0 radical (unpaired) electrons. The van der Waals surface area contributed by atoms with Gasteiger partial charge in [-0.1, -0.05) is 38.3 Å². The van der Waals surface area contributed by atoms with Gasteiger partial charge in [0.25, 0.3) is 0 Å². The van der Waals surface area contributed by atoms with Gasteiger partial charge in [-0.25, -0.2) is 4.79 Å². The topological polar surface area (TPSA) is 87.0 Å². The van der Waals surface area contributed by atoms with Crippen LogP contribution in [0.25, 0.3) is 21.8 Å². The Morgan fingerprint density at radius 1 is 0.756 bits per heavy atom. The van der Waals surface area contributed by atoms with Crippen LogP contribution in [0.3, 0.4) is 0 Å². The van der Waals surface area contributed by atoms with Crippen molar-refractivity contribution in [2.75, 3.05) is 6.61 Å². The number of benzene rings is 3. The fraction of sp³-hybridized carbons (Fsp3) is 0.353. The summed E-state index contributed by atoms with van der Waals surface area (Å²) < 4.78 is 7.91. The molecule has 7 heteroatoms. The minimum absolute atomic E-state index is 0.0802. The first-order valence-electron chi connectivity index (χ1n) is 14.5. The van der Waals surface area contributed by atoms with E-state index in [4.69, 9.17) is 9.57 Å². The molecule has 1 heterocycles. The minimum atomic E-state index is -0.567. The number of ketones is 2. The third-order valence-electron chi connectivity index (χ3n) is 7.15. The number of nitrogens with zero attached hydrogens (tertiary/aromatic N) is 2. The van der Waals surface area contributed by atoms with Crippen molar-refractivity contribution in [3.05, 3.63) is 77.4 Å². The number of Topliss-reactive ketones (excluding diaryl/α,β-unsaturated/α-hetero) is 1. The summed E-state index contributed by atoms with van der Waals surface area (Å²) in [5, 5.41) is 5.66. The molecule has 4 rings (SSSR count). The van der Waals surface area contributed by atoms with E-state index in [9.17, 15) is 14.4 Å². The predicted octanol–water partition coefficient (Wildman–Crippen LogP) is 7.91. The van der Waals surface area contributed by atoms with E-state index in [0.29, 0.717) is 29.7 Å². The molecule has 7 nitrogen and oxygen atoms in total. The van der Waals surface area contributed by atoms with E-state index in [1.807, 2.05) is 42.5 Å². The largest absolute Gasteiger partial charge is 0.494 e. The third kappa shape index (κ3) is 6.91. The van der Waals surface area contributed by atoms with E-state index >= 15 is 0 Å². The summed E-state index contributed by atoms with van der Waals surface area (Å²) in [6.07, 6.45) is 5.19. The van der Waals surface area contributed by atoms with Gasteiger partial charge in [0, 0.05) is 52.0 Å². The lowest BCUT2D eigenvalue weighted by atomic mass is 9.98. The molecule has 0 aliphatic heterocycles. The highest BCUT2D eigenvalue weighted by atomic mass is 16.7. The average molecular weight is 555 g/mol. The monoisotopic (exact) mass is 554 g/mol. The van der Waals surface area contributed by atoms with Crippen LogP contribution in [0.2, 0.25) is 0 Å². The SMILES string of the molecule is CCCCC/C(=N\OC(C)=O)C(=O)c1ccc2c(c1)c1cc(C(=O)c3ccc(OCCCC)cc3)ccc1n2CC. The fourth-order valence-electron chi connectivity index (χ4n) is 4.96. The molecule has 0 N–H and O–H groups in total. The second kappa shape index (κ2) is 13.9. The molecule has 0 bridgehead atoms. The Morgan fingerprint density at radius 3 is 1.98 bits per heavy atom. The Kier molecular flexibility index (Phi) is 10.1. The zero-order valence-corrected chi connectivity index (χ0v) is 24.4. The number of aromatic nitrogens is 1. The molecule has 0 atom stereocenters. The van der Waals surface area contributed by atoms with E-state index in [-0.39, 0.29) is 17.3 Å². The number of fused-ring (bicyclic) bond motifs is 3. The molecule has 0 aliphatic rings. The molecular formula is C34H38N2O5. The molecule has 0 aliphatic carbocycles. The highest BCUT2D eigenvalue weighted by molar-refractivity contribution is 6.46. The van der Waals surface area contributed by atoms with Crippen LogP contribution in [0.15, 0.2) is 65.8 Å². The summed E-state index contributed by atoms with van der Waals surface area (Å²) in [7, 11) is 0. The standard InChI is InChI=1S/C34H38N2O5/c1-5-8-10-11-30(35-41-23(4)37)34(39)26-15-19-32-29(22-26)28-21-25(14-18-31(28)36(32)7-3)33(38)24-12-16-27(17-13-24)40-20-9-6-2/h12-19,21-22H,5-11,20H2,1-4H3/b35-30+. The van der Waals surface area contributed by atoms with Gasteiger partial charge in [-0.3, -0.25) is 9.59 Å². The molecule has 0 amide bonds. The number of unbranched alkanes of at least 4 members (excludes halogenated alkanes) is 3. The predicted molar refractivity (Wildman–Crippen MR) is 163 cm³/mol. The number of carbonyl (C=O) groups excluding carboxylic acids is 3. The zero-order valence-electron chi connectivity index (χ0n) is 24.4. The number of hydrogen-bond donors (Lipinski definition) is 0. The van der Waals surface area contributed by atoms with E-state index in [1.54, 1.807) is 18.2 Å². The Labute approximate surface area is 241 Å². The van der Waals surface area contributed by atoms with Gasteiger partial charge in [-0.2, -0.15) is 0 Å². The maximum atomic E-state index is 13.5. The van der Waals surface area contributed by atoms with Gasteiger partial charge in [0.2, 0.25) is 5.78 Å². The molecule has 3 aromatic carbocycles. The number of ether oxygens (including phenoxy) is 1. The lowest BCUT2D eigenvalue weighted by molar-refractivity contribution is -0.140. The van der Waals surface area contributed by atoms with Gasteiger partial charge in [0.15, 0.2) is 5.78 Å². The van der Waals surface area contributed by atoms with Crippen molar-refractivity contribution in [1.29, 1.82) is 0 Å². The third-order valence-corrected chi connectivity index (χ3v) is 7.15. The van der Waals surface area contributed by atoms with Crippen molar-refractivity contribution in [3.63, 3.8) is 0 Å². The van der Waals surface area contributed by atoms with Crippen LogP contribution >= 0.6 is 0 Å². The second-order valence-electron chi connectivity index (χ2n) is 10.2. The number of carbonyl (C=O) groups is 3. The van der Waals surface area contributed by atoms with Crippen molar-refractivity contribution < 1.29 is 24.0 Å². The molecule has 4 aromatic rings. The lowest BCUT2D eigenvalue weighted by Crippen LogP contribution is -2.16. The van der Waals surface area contributed by atoms with Crippen LogP contribution < -0.4 is 4.74 Å². The zero-order chi connectivity index (χ0) is 29.4. The van der Waals surface area contributed by atoms with Crippen molar-refractivity contribution in [1.82, 2.24) is 4.57 Å². The molecule has 1 aromatic heterocycles. The first-order chi connectivity index (χ1) is 19.9. The molecule has 41 heavy (non-hydrogen) atoms. The van der Waals surface area contributed by atoms with Crippen LogP contribution in [0, 0.1) is 0 Å². The van der Waals surface area contributed by atoms with E-state index in [2.05, 4.69) is 30.5 Å². The average Bonchev–Trinajstić information content (AvgIpc) is 3.30. The lowest BCUT2D eigenvalue weighted by Gasteiger charge is -2.07. The first-order valence-corrected chi connectivity index (χ1v) is 14.5. The van der Waals surface area contributed by atoms with Gasteiger partial charge in [-0.15, -0.1) is 0 Å². The smallest absolute Gasteiger partial charge is 0.331 e. The van der Waals surface area contributed by atoms with Crippen LogP contribution in [0.5, 0.6) is 5.75 Å². The highest BCUT2D eigenvalue weighted by Gasteiger charge is 2.19. The molecule has 0 saturated heterocycles. The summed E-state index contributed by atoms with van der Waals surface area (Å²) in [5.74, 6) is -0.165. The number of rotatable bonds is 14. The van der Waals surface area contributed by atoms with Crippen LogP contribution in [0.4, 0.5) is 0 Å². The van der Waals surface area contributed by atoms with Gasteiger partial charge in [-0.05, 0) is 86.8 Å². The van der Waals surface area contributed by atoms with Crippen LogP contribution in [0.1, 0.15) is 92.5 Å². The Morgan fingerprint density at radius 2 is 1.37 bits per heavy atom. The molecule has 214 valence electrons. The van der Waals surface area contributed by atoms with Gasteiger partial charge in [0.05, 0.1) is 6.61 Å². The molecule has 0 saturated carbocycles. The molecular weight excluding hydrogens is 516 g/mol. The van der Waals surface area contributed by atoms with E-state index < -0.39 is 5.97 Å². The normalized spacial score (nSPS) is 11.7. The number of hydrogen-bond acceptors (Lipinski definition) is 6. The van der Waals surface area contributed by atoms with Crippen molar-refractivity contribution in [2.45, 2.75) is 72.8 Å². The Bertz CT molecular complexity index is 1580. The number of oxime groups is 1. The van der Waals surface area contributed by atoms with E-state index in [0.717, 1.165) is 66.2 Å². The quantitative estimate of drug-likeness (QED) is 0.0520. The second-order valence-corrected chi connectivity index (χ2v) is 10.2. The van der Waals surface area contributed by atoms with Crippen LogP contribution in [-0.4, -0.2) is 34.4 Å². The maximum absolute atomic E-state index is 13.5. The number of aryl methyl sites for hydroxylation is 1. The van der Waals surface area contributed by atoms with Gasteiger partial charge in [0.1, 0.15) is 11.5 Å². The summed E-state index contributed by atoms with van der Waals surface area (Å²) in [4.78, 5) is 43.1. The van der Waals surface area contributed by atoms with E-state index in [1.165, 1.54) is 6.92 Å².